The van der Waals surface area contributed by atoms with E-state index in [-0.39, 0.29) is 5.91 Å². The van der Waals surface area contributed by atoms with E-state index in [1.807, 2.05) is 36.9 Å². The molecule has 1 aromatic carbocycles. The fourth-order valence-electron chi connectivity index (χ4n) is 4.38. The number of anilines is 1. The molecule has 7 nitrogen and oxygen atoms in total. The maximum atomic E-state index is 13.6. The van der Waals surface area contributed by atoms with Gasteiger partial charge >= 0.3 is 0 Å². The number of fused-ring (bicyclic) bond motifs is 1. The van der Waals surface area contributed by atoms with E-state index < -0.39 is 0 Å². The molecule has 0 radical (unpaired) electrons. The van der Waals surface area contributed by atoms with Crippen molar-refractivity contribution in [3.63, 3.8) is 0 Å². The van der Waals surface area contributed by atoms with Crippen molar-refractivity contribution >= 4 is 28.4 Å². The molecule has 4 heterocycles. The van der Waals surface area contributed by atoms with Gasteiger partial charge in [-0.15, -0.1) is 0 Å². The average molecular weight is 418 g/mol. The lowest BCUT2D eigenvalue weighted by molar-refractivity contribution is 0.0773. The number of furan rings is 1. The third-order valence-electron chi connectivity index (χ3n) is 5.99. The molecule has 0 atom stereocenters. The first-order valence-electron chi connectivity index (χ1n) is 10.8. The van der Waals surface area contributed by atoms with Crippen molar-refractivity contribution in [1.29, 1.82) is 0 Å². The van der Waals surface area contributed by atoms with Crippen LogP contribution in [0.25, 0.3) is 16.7 Å². The highest BCUT2D eigenvalue weighted by Gasteiger charge is 2.30. The third-order valence-corrected chi connectivity index (χ3v) is 5.99. The predicted molar refractivity (Wildman–Crippen MR) is 119 cm³/mol. The number of benzene rings is 1. The van der Waals surface area contributed by atoms with Crippen LogP contribution < -0.4 is 4.90 Å². The monoisotopic (exact) mass is 418 g/mol. The molecule has 2 aliphatic heterocycles. The summed E-state index contributed by atoms with van der Waals surface area (Å²) >= 11 is 0. The molecule has 160 valence electrons. The van der Waals surface area contributed by atoms with Crippen LogP contribution in [-0.2, 0) is 4.74 Å². The minimum absolute atomic E-state index is 0.0263. The second-order valence-corrected chi connectivity index (χ2v) is 8.00. The van der Waals surface area contributed by atoms with E-state index in [1.54, 1.807) is 0 Å². The summed E-state index contributed by atoms with van der Waals surface area (Å²) < 4.78 is 11.4. The van der Waals surface area contributed by atoms with Crippen molar-refractivity contribution in [2.24, 2.45) is 0 Å². The van der Waals surface area contributed by atoms with Crippen molar-refractivity contribution in [2.45, 2.75) is 20.3 Å². The number of morpholine rings is 1. The van der Waals surface area contributed by atoms with E-state index in [0.29, 0.717) is 54.6 Å². The lowest BCUT2D eigenvalue weighted by Gasteiger charge is -2.29. The number of rotatable bonds is 3. The number of nitrogens with zero attached hydrogens (tertiary/aromatic N) is 4. The zero-order valence-corrected chi connectivity index (χ0v) is 17.9. The minimum atomic E-state index is -0.0263. The van der Waals surface area contributed by atoms with Gasteiger partial charge in [0, 0.05) is 26.2 Å². The van der Waals surface area contributed by atoms with Gasteiger partial charge in [0.25, 0.3) is 5.91 Å². The molecule has 3 aromatic rings. The number of aryl methyl sites for hydroxylation is 2. The second-order valence-electron chi connectivity index (χ2n) is 8.00. The summed E-state index contributed by atoms with van der Waals surface area (Å²) in [4.78, 5) is 26.8. The summed E-state index contributed by atoms with van der Waals surface area (Å²) in [5, 5.41) is 0.716. The molecule has 0 unspecified atom stereocenters. The standard InChI is InChI=1S/C24H26N4O3/c1-16-20(24(29)28-10-8-19(9-11-28)18-6-4-3-5-7-18)21-22(27-12-14-30-15-13-27)25-17(2)26-23(21)31-16/h3-8H,9-15H2,1-2H3. The van der Waals surface area contributed by atoms with E-state index in [2.05, 4.69) is 28.1 Å². The third kappa shape index (κ3) is 3.70. The van der Waals surface area contributed by atoms with Crippen molar-refractivity contribution < 1.29 is 13.9 Å². The van der Waals surface area contributed by atoms with Gasteiger partial charge in [0.2, 0.25) is 5.71 Å². The lowest BCUT2D eigenvalue weighted by Crippen LogP contribution is -2.38. The summed E-state index contributed by atoms with van der Waals surface area (Å²) in [6.45, 7) is 7.69. The Balaban J connectivity index is 1.49. The van der Waals surface area contributed by atoms with Crippen LogP contribution in [0.3, 0.4) is 0 Å². The summed E-state index contributed by atoms with van der Waals surface area (Å²) in [6.07, 6.45) is 2.98. The molecule has 31 heavy (non-hydrogen) atoms. The van der Waals surface area contributed by atoms with Gasteiger partial charge in [0.1, 0.15) is 17.4 Å². The molecular formula is C24H26N4O3. The van der Waals surface area contributed by atoms with Gasteiger partial charge in [0.05, 0.1) is 24.2 Å². The van der Waals surface area contributed by atoms with E-state index in [1.165, 1.54) is 11.1 Å². The average Bonchev–Trinajstić information content (AvgIpc) is 3.14. The first-order chi connectivity index (χ1) is 15.1. The summed E-state index contributed by atoms with van der Waals surface area (Å²) in [6, 6.07) is 10.3. The first-order valence-corrected chi connectivity index (χ1v) is 10.8. The van der Waals surface area contributed by atoms with E-state index in [9.17, 15) is 4.79 Å². The number of ether oxygens (including phenoxy) is 1. The molecule has 7 heteroatoms. The molecule has 2 aliphatic rings. The first kappa shape index (κ1) is 19.8. The normalized spacial score (nSPS) is 17.2. The number of hydrogen-bond donors (Lipinski definition) is 0. The maximum absolute atomic E-state index is 13.6. The Hall–Kier alpha value is -3.19. The van der Waals surface area contributed by atoms with Crippen LogP contribution in [0.4, 0.5) is 5.82 Å². The maximum Gasteiger partial charge on any atom is 0.258 e. The van der Waals surface area contributed by atoms with Gasteiger partial charge in [-0.2, -0.15) is 4.98 Å². The molecule has 0 N–H and O–H groups in total. The van der Waals surface area contributed by atoms with Gasteiger partial charge < -0.3 is 19.0 Å². The molecule has 0 aliphatic carbocycles. The van der Waals surface area contributed by atoms with Crippen molar-refractivity contribution in [1.82, 2.24) is 14.9 Å². The van der Waals surface area contributed by atoms with Crippen molar-refractivity contribution in [3.05, 3.63) is 59.1 Å². The van der Waals surface area contributed by atoms with Gasteiger partial charge in [-0.1, -0.05) is 36.4 Å². The molecule has 1 fully saturated rings. The van der Waals surface area contributed by atoms with Crippen molar-refractivity contribution in [3.8, 4) is 0 Å². The SMILES string of the molecule is Cc1nc(N2CCOCC2)c2c(C(=O)N3CC=C(c4ccccc4)CC3)c(C)oc2n1. The molecule has 0 bridgehead atoms. The Morgan fingerprint density at radius 3 is 2.52 bits per heavy atom. The van der Waals surface area contributed by atoms with Crippen LogP contribution in [0.1, 0.15) is 33.9 Å². The number of aromatic nitrogens is 2. The molecule has 0 spiro atoms. The predicted octanol–water partition coefficient (Wildman–Crippen LogP) is 3.61. The van der Waals surface area contributed by atoms with E-state index >= 15 is 0 Å². The fraction of sp³-hybridized carbons (Fsp3) is 0.375. The number of carbonyl (C=O) groups excluding carboxylic acids is 1. The highest BCUT2D eigenvalue weighted by Crippen LogP contribution is 2.34. The molecule has 1 saturated heterocycles. The smallest absolute Gasteiger partial charge is 0.258 e. The number of hydrogen-bond acceptors (Lipinski definition) is 6. The van der Waals surface area contributed by atoms with Crippen LogP contribution >= 0.6 is 0 Å². The van der Waals surface area contributed by atoms with Crippen LogP contribution in [0.2, 0.25) is 0 Å². The Kier molecular flexibility index (Phi) is 5.19. The van der Waals surface area contributed by atoms with E-state index in [0.717, 1.165) is 25.3 Å². The van der Waals surface area contributed by atoms with Crippen LogP contribution in [0.15, 0.2) is 40.8 Å². The van der Waals surface area contributed by atoms with Crippen molar-refractivity contribution in [2.75, 3.05) is 44.3 Å². The van der Waals surface area contributed by atoms with Gasteiger partial charge in [-0.25, -0.2) is 4.98 Å². The number of carbonyl (C=O) groups is 1. The molecule has 0 saturated carbocycles. The zero-order valence-electron chi connectivity index (χ0n) is 17.9. The Labute approximate surface area is 181 Å². The van der Waals surface area contributed by atoms with Gasteiger partial charge in [-0.05, 0) is 31.4 Å². The summed E-state index contributed by atoms with van der Waals surface area (Å²) in [5.74, 6) is 1.97. The topological polar surface area (TPSA) is 71.7 Å². The van der Waals surface area contributed by atoms with Crippen LogP contribution in [0.5, 0.6) is 0 Å². The number of amides is 1. The Morgan fingerprint density at radius 2 is 1.81 bits per heavy atom. The quantitative estimate of drug-likeness (QED) is 0.647. The van der Waals surface area contributed by atoms with Crippen LogP contribution in [-0.4, -0.2) is 60.2 Å². The largest absolute Gasteiger partial charge is 0.442 e. The second kappa shape index (κ2) is 8.15. The minimum Gasteiger partial charge on any atom is -0.442 e. The zero-order chi connectivity index (χ0) is 21.4. The Morgan fingerprint density at radius 1 is 1.03 bits per heavy atom. The Bertz CT molecular complexity index is 1150. The summed E-state index contributed by atoms with van der Waals surface area (Å²) in [7, 11) is 0. The van der Waals surface area contributed by atoms with Gasteiger partial charge in [-0.3, -0.25) is 4.79 Å². The molecular weight excluding hydrogens is 392 g/mol. The van der Waals surface area contributed by atoms with E-state index in [4.69, 9.17) is 14.1 Å². The lowest BCUT2D eigenvalue weighted by atomic mass is 9.99. The summed E-state index contributed by atoms with van der Waals surface area (Å²) in [5.41, 5.74) is 3.56. The molecule has 2 aromatic heterocycles. The molecule has 1 amide bonds. The van der Waals surface area contributed by atoms with Gasteiger partial charge in [0.15, 0.2) is 0 Å². The highest BCUT2D eigenvalue weighted by atomic mass is 16.5. The fourth-order valence-corrected chi connectivity index (χ4v) is 4.38. The van der Waals surface area contributed by atoms with Crippen LogP contribution in [0, 0.1) is 13.8 Å². The molecule has 5 rings (SSSR count). The highest BCUT2D eigenvalue weighted by molar-refractivity contribution is 6.10.